The van der Waals surface area contributed by atoms with Crippen LogP contribution < -0.4 is 0 Å². The van der Waals surface area contributed by atoms with Gasteiger partial charge in [-0.3, -0.25) is 0 Å². The fraction of sp³-hybridized carbons (Fsp3) is 0.429. The smallest absolute Gasteiger partial charge is 0.0160 e. The van der Waals surface area contributed by atoms with E-state index in [-0.39, 0.29) is 0 Å². The molecule has 0 spiro atoms. The highest BCUT2D eigenvalue weighted by Crippen LogP contribution is 2.01. The molecule has 0 unspecified atom stereocenters. The quantitative estimate of drug-likeness (QED) is 0.494. The first-order chi connectivity index (χ1) is 7.00. The highest BCUT2D eigenvalue weighted by atomic mass is 13.9. The zero-order chi connectivity index (χ0) is 9.90. The van der Waals surface area contributed by atoms with Gasteiger partial charge in [0.1, 0.15) is 0 Å². The van der Waals surface area contributed by atoms with Crippen molar-refractivity contribution in [3.63, 3.8) is 0 Å². The van der Waals surface area contributed by atoms with Crippen molar-refractivity contribution in [3.05, 3.63) is 48.6 Å². The van der Waals surface area contributed by atoms with Crippen LogP contribution >= 0.6 is 0 Å². The second-order valence-electron chi connectivity index (χ2n) is 3.44. The van der Waals surface area contributed by atoms with Crippen molar-refractivity contribution in [2.75, 3.05) is 0 Å². The van der Waals surface area contributed by atoms with Crippen LogP contribution in [0.1, 0.15) is 38.5 Å². The van der Waals surface area contributed by atoms with Gasteiger partial charge in [0.05, 0.1) is 0 Å². The molecule has 0 aromatic rings. The molecule has 0 N–H and O–H groups in total. The molecule has 0 saturated carbocycles. The van der Waals surface area contributed by atoms with E-state index in [1.54, 1.807) is 0 Å². The lowest BCUT2D eigenvalue weighted by molar-refractivity contribution is 0.861. The topological polar surface area (TPSA) is 0 Å². The molecule has 0 aromatic carbocycles. The van der Waals surface area contributed by atoms with Crippen molar-refractivity contribution in [1.82, 2.24) is 0 Å². The van der Waals surface area contributed by atoms with Crippen LogP contribution in [0.3, 0.4) is 0 Å². The van der Waals surface area contributed by atoms with Gasteiger partial charge in [-0.25, -0.2) is 0 Å². The van der Waals surface area contributed by atoms with Gasteiger partial charge in [-0.1, -0.05) is 42.5 Å². The molecule has 0 heteroatoms. The van der Waals surface area contributed by atoms with Crippen molar-refractivity contribution in [2.45, 2.75) is 38.5 Å². The largest absolute Gasteiger partial charge is 0.0885 e. The Kier molecular flexibility index (Phi) is 6.74. The van der Waals surface area contributed by atoms with E-state index in [2.05, 4.69) is 48.6 Å². The summed E-state index contributed by atoms with van der Waals surface area (Å²) in [6.07, 6.45) is 25.5. The summed E-state index contributed by atoms with van der Waals surface area (Å²) < 4.78 is 0. The Labute approximate surface area is 87.7 Å². The van der Waals surface area contributed by atoms with Crippen molar-refractivity contribution in [2.24, 2.45) is 0 Å². The van der Waals surface area contributed by atoms with Crippen LogP contribution in [0.15, 0.2) is 42.5 Å². The molecule has 1 rings (SSSR count). The van der Waals surface area contributed by atoms with Gasteiger partial charge in [-0.05, 0) is 44.6 Å². The van der Waals surface area contributed by atoms with Gasteiger partial charge in [0.2, 0.25) is 0 Å². The van der Waals surface area contributed by atoms with Gasteiger partial charge < -0.3 is 0 Å². The van der Waals surface area contributed by atoms with Gasteiger partial charge >= 0.3 is 0 Å². The van der Waals surface area contributed by atoms with E-state index in [1.807, 2.05) is 0 Å². The zero-order valence-corrected chi connectivity index (χ0v) is 8.78. The second-order valence-corrected chi connectivity index (χ2v) is 3.44. The molecule has 0 amide bonds. The SMILES string of the molecule is [C]1=C/C/C=C\C=C\CCC/C=C\CC/1. The second kappa shape index (κ2) is 8.55. The number of rotatable bonds is 0. The minimum absolute atomic E-state index is 1.01. The van der Waals surface area contributed by atoms with Gasteiger partial charge in [0.25, 0.3) is 0 Å². The number of allylic oxidation sites excluding steroid dienone is 8. The van der Waals surface area contributed by atoms with Crippen LogP contribution in [-0.4, -0.2) is 0 Å². The fourth-order valence-corrected chi connectivity index (χ4v) is 1.34. The summed E-state index contributed by atoms with van der Waals surface area (Å²) in [5.74, 6) is 0. The first-order valence-corrected chi connectivity index (χ1v) is 5.52. The molecule has 1 aliphatic rings. The molecule has 0 fully saturated rings. The first kappa shape index (κ1) is 11.0. The van der Waals surface area contributed by atoms with Gasteiger partial charge in [-0.2, -0.15) is 0 Å². The van der Waals surface area contributed by atoms with E-state index in [4.69, 9.17) is 0 Å². The van der Waals surface area contributed by atoms with E-state index in [0.29, 0.717) is 0 Å². The normalized spacial score (nSPS) is 28.6. The molecular weight excluding hydrogens is 168 g/mol. The standard InChI is InChI=1S/C14H19/c1-2-4-6-8-10-12-14-13-11-9-7-5-3-1/h1-4,7,12,14H,5-6,8,10-11,13H2/b3-1-,4-2+,9-7?,14-12-. The maximum Gasteiger partial charge on any atom is -0.0160 e. The molecule has 0 bridgehead atoms. The third-order valence-corrected chi connectivity index (χ3v) is 2.15. The monoisotopic (exact) mass is 187 g/mol. The summed E-state index contributed by atoms with van der Waals surface area (Å²) in [7, 11) is 0. The van der Waals surface area contributed by atoms with Crippen LogP contribution in [-0.2, 0) is 0 Å². The Hall–Kier alpha value is -1.04. The summed E-state index contributed by atoms with van der Waals surface area (Å²) in [6.45, 7) is 0. The van der Waals surface area contributed by atoms with E-state index in [0.717, 1.165) is 19.3 Å². The van der Waals surface area contributed by atoms with Crippen LogP contribution in [0.25, 0.3) is 0 Å². The number of hydrogen-bond donors (Lipinski definition) is 0. The van der Waals surface area contributed by atoms with E-state index >= 15 is 0 Å². The Morgan fingerprint density at radius 3 is 2.57 bits per heavy atom. The molecule has 0 heterocycles. The Balaban J connectivity index is 2.34. The summed E-state index contributed by atoms with van der Waals surface area (Å²) >= 11 is 0. The lowest BCUT2D eigenvalue weighted by Crippen LogP contribution is -1.71. The first-order valence-electron chi connectivity index (χ1n) is 5.52. The van der Waals surface area contributed by atoms with E-state index in [1.165, 1.54) is 19.3 Å². The zero-order valence-electron chi connectivity index (χ0n) is 8.78. The minimum atomic E-state index is 1.01. The van der Waals surface area contributed by atoms with Gasteiger partial charge in [0.15, 0.2) is 0 Å². The summed E-state index contributed by atoms with van der Waals surface area (Å²) in [5, 5.41) is 0. The summed E-state index contributed by atoms with van der Waals surface area (Å²) in [5.41, 5.74) is 0. The predicted octanol–water partition coefficient (Wildman–Crippen LogP) is 4.37. The Morgan fingerprint density at radius 2 is 1.57 bits per heavy atom. The third kappa shape index (κ3) is 6.47. The molecule has 75 valence electrons. The van der Waals surface area contributed by atoms with Crippen molar-refractivity contribution >= 4 is 0 Å². The summed E-state index contributed by atoms with van der Waals surface area (Å²) in [6, 6.07) is 0. The van der Waals surface area contributed by atoms with Crippen LogP contribution in [0, 0.1) is 6.08 Å². The lowest BCUT2D eigenvalue weighted by atomic mass is 10.2. The lowest BCUT2D eigenvalue weighted by Gasteiger charge is -1.91. The molecule has 0 atom stereocenters. The van der Waals surface area contributed by atoms with Gasteiger partial charge in [0, 0.05) is 0 Å². The molecule has 0 saturated heterocycles. The van der Waals surface area contributed by atoms with Crippen LogP contribution in [0.4, 0.5) is 0 Å². The molecule has 0 nitrogen and oxygen atoms in total. The van der Waals surface area contributed by atoms with E-state index < -0.39 is 0 Å². The van der Waals surface area contributed by atoms with Crippen LogP contribution in [0.5, 0.6) is 0 Å². The number of hydrogen-bond acceptors (Lipinski definition) is 0. The van der Waals surface area contributed by atoms with Crippen molar-refractivity contribution in [1.29, 1.82) is 0 Å². The van der Waals surface area contributed by atoms with Crippen LogP contribution in [0.2, 0.25) is 0 Å². The Bertz CT molecular complexity index is 228. The molecule has 1 aliphatic carbocycles. The highest BCUT2D eigenvalue weighted by molar-refractivity contribution is 5.04. The van der Waals surface area contributed by atoms with E-state index in [9.17, 15) is 0 Å². The predicted molar refractivity (Wildman–Crippen MR) is 62.9 cm³/mol. The third-order valence-electron chi connectivity index (χ3n) is 2.15. The molecule has 1 radical (unpaired) electrons. The minimum Gasteiger partial charge on any atom is -0.0885 e. The molecular formula is C14H19. The molecule has 14 heavy (non-hydrogen) atoms. The maximum absolute atomic E-state index is 3.29. The van der Waals surface area contributed by atoms with Crippen molar-refractivity contribution < 1.29 is 0 Å². The molecule has 0 aliphatic heterocycles. The Morgan fingerprint density at radius 1 is 0.786 bits per heavy atom. The highest BCUT2D eigenvalue weighted by Gasteiger charge is 1.82. The average molecular weight is 187 g/mol. The fourth-order valence-electron chi connectivity index (χ4n) is 1.34. The van der Waals surface area contributed by atoms with Crippen molar-refractivity contribution in [3.8, 4) is 0 Å². The molecule has 0 aromatic heterocycles. The maximum atomic E-state index is 3.29. The average Bonchev–Trinajstić information content (AvgIpc) is 2.22. The van der Waals surface area contributed by atoms with Gasteiger partial charge in [-0.15, -0.1) is 0 Å². The summed E-state index contributed by atoms with van der Waals surface area (Å²) in [4.78, 5) is 0.